The first kappa shape index (κ1) is 36.1. The highest BCUT2D eigenvalue weighted by atomic mass is 16.4. The molecular weight excluding hydrogens is 620 g/mol. The molecule has 0 heterocycles. The predicted octanol–water partition coefficient (Wildman–Crippen LogP) is 3.88. The summed E-state index contributed by atoms with van der Waals surface area (Å²) in [5.41, 5.74) is 2.36. The van der Waals surface area contributed by atoms with Crippen LogP contribution in [-0.2, 0) is 43.2 Å². The molecule has 0 saturated carbocycles. The van der Waals surface area contributed by atoms with Gasteiger partial charge in [-0.3, -0.25) is 19.2 Å². The molecule has 0 bridgehead atoms. The zero-order valence-electron chi connectivity index (χ0n) is 27.3. The second-order valence-corrected chi connectivity index (χ2v) is 11.8. The van der Waals surface area contributed by atoms with E-state index in [0.29, 0.717) is 19.4 Å². The number of hydrogen-bond acceptors (Lipinski definition) is 5. The van der Waals surface area contributed by atoms with Crippen molar-refractivity contribution in [2.45, 2.75) is 56.7 Å². The lowest BCUT2D eigenvalue weighted by atomic mass is 10.0. The van der Waals surface area contributed by atoms with Crippen LogP contribution >= 0.6 is 0 Å². The highest BCUT2D eigenvalue weighted by Gasteiger charge is 2.30. The Morgan fingerprint density at radius 2 is 1.18 bits per heavy atom. The molecular formula is C39H42N4O6. The number of carboxylic acid groups (broad SMARTS) is 1. The lowest BCUT2D eigenvalue weighted by Gasteiger charge is -2.25. The maximum Gasteiger partial charge on any atom is 0.326 e. The van der Waals surface area contributed by atoms with E-state index in [1.54, 1.807) is 0 Å². The Morgan fingerprint density at radius 3 is 1.78 bits per heavy atom. The Morgan fingerprint density at radius 1 is 0.633 bits per heavy atom. The molecule has 4 amide bonds. The molecule has 0 aliphatic rings. The van der Waals surface area contributed by atoms with E-state index in [4.69, 9.17) is 0 Å². The van der Waals surface area contributed by atoms with Gasteiger partial charge in [-0.1, -0.05) is 110 Å². The molecule has 0 fully saturated rings. The molecule has 3 unspecified atom stereocenters. The summed E-state index contributed by atoms with van der Waals surface area (Å²) in [4.78, 5) is 64.3. The quantitative estimate of drug-likeness (QED) is 0.0806. The van der Waals surface area contributed by atoms with E-state index < -0.39 is 35.9 Å². The molecule has 0 aromatic heterocycles. The van der Waals surface area contributed by atoms with Crippen molar-refractivity contribution < 1.29 is 29.1 Å². The van der Waals surface area contributed by atoms with Crippen LogP contribution in [0.25, 0.3) is 10.8 Å². The number of hydrogen-bond donors (Lipinski definition) is 5. The first-order chi connectivity index (χ1) is 23.7. The Balaban J connectivity index is 1.48. The molecule has 0 aliphatic heterocycles. The van der Waals surface area contributed by atoms with Gasteiger partial charge >= 0.3 is 5.97 Å². The van der Waals surface area contributed by atoms with Crippen LogP contribution < -0.4 is 21.3 Å². The van der Waals surface area contributed by atoms with E-state index in [0.717, 1.165) is 33.5 Å². The highest BCUT2D eigenvalue weighted by molar-refractivity contribution is 5.94. The summed E-state index contributed by atoms with van der Waals surface area (Å²) < 4.78 is 0. The van der Waals surface area contributed by atoms with Crippen molar-refractivity contribution in [3.8, 4) is 0 Å². The van der Waals surface area contributed by atoms with Gasteiger partial charge in [0, 0.05) is 19.4 Å². The van der Waals surface area contributed by atoms with Crippen LogP contribution in [0.3, 0.4) is 0 Å². The van der Waals surface area contributed by atoms with Gasteiger partial charge in [0.2, 0.25) is 23.6 Å². The van der Waals surface area contributed by atoms with E-state index >= 15 is 0 Å². The van der Waals surface area contributed by atoms with E-state index in [2.05, 4.69) is 27.8 Å². The number of fused-ring (bicyclic) bond motifs is 1. The number of rotatable bonds is 18. The molecule has 0 saturated heterocycles. The van der Waals surface area contributed by atoms with Gasteiger partial charge in [0.15, 0.2) is 0 Å². The number of amides is 4. The average molecular weight is 663 g/mol. The maximum atomic E-state index is 13.9. The summed E-state index contributed by atoms with van der Waals surface area (Å²) in [7, 11) is 0. The SMILES string of the molecule is C=CC(=O)NCCCCC(NC(=O)C(Cc1ccccc1)NC(=O)C(Cc1ccccc1)NC(=O)Cc1ccc2ccccc2c1)C(=O)O. The minimum Gasteiger partial charge on any atom is -0.480 e. The van der Waals surface area contributed by atoms with Crippen LogP contribution in [0.5, 0.6) is 0 Å². The summed E-state index contributed by atoms with van der Waals surface area (Å²) in [6, 6.07) is 28.6. The molecule has 10 nitrogen and oxygen atoms in total. The topological polar surface area (TPSA) is 154 Å². The first-order valence-electron chi connectivity index (χ1n) is 16.3. The summed E-state index contributed by atoms with van der Waals surface area (Å²) in [6.45, 7) is 3.73. The van der Waals surface area contributed by atoms with Crippen LogP contribution in [-0.4, -0.2) is 59.4 Å². The summed E-state index contributed by atoms with van der Waals surface area (Å²) in [5.74, 6) is -3.12. The lowest BCUT2D eigenvalue weighted by molar-refractivity contribution is -0.142. The van der Waals surface area contributed by atoms with Crippen molar-refractivity contribution in [3.05, 3.63) is 132 Å². The number of benzene rings is 4. The van der Waals surface area contributed by atoms with Crippen molar-refractivity contribution in [1.82, 2.24) is 21.3 Å². The second-order valence-electron chi connectivity index (χ2n) is 11.8. The second kappa shape index (κ2) is 18.5. The van der Waals surface area contributed by atoms with Gasteiger partial charge in [0.05, 0.1) is 6.42 Å². The Labute approximate surface area is 286 Å². The van der Waals surface area contributed by atoms with Gasteiger partial charge in [-0.2, -0.15) is 0 Å². The highest BCUT2D eigenvalue weighted by Crippen LogP contribution is 2.16. The summed E-state index contributed by atoms with van der Waals surface area (Å²) in [6.07, 6.45) is 2.53. The van der Waals surface area contributed by atoms with Crippen LogP contribution in [0.15, 0.2) is 116 Å². The van der Waals surface area contributed by atoms with E-state index in [9.17, 15) is 29.1 Å². The molecule has 254 valence electrons. The van der Waals surface area contributed by atoms with E-state index in [-0.39, 0.29) is 37.5 Å². The van der Waals surface area contributed by atoms with Gasteiger partial charge < -0.3 is 26.4 Å². The fourth-order valence-electron chi connectivity index (χ4n) is 5.46. The van der Waals surface area contributed by atoms with E-state index in [1.165, 1.54) is 0 Å². The lowest BCUT2D eigenvalue weighted by Crippen LogP contribution is -2.57. The van der Waals surface area contributed by atoms with Crippen molar-refractivity contribution in [1.29, 1.82) is 0 Å². The van der Waals surface area contributed by atoms with Crippen molar-refractivity contribution in [2.75, 3.05) is 6.54 Å². The smallest absolute Gasteiger partial charge is 0.326 e. The number of carbonyl (C=O) groups is 5. The number of carboxylic acids is 1. The molecule has 0 spiro atoms. The zero-order valence-corrected chi connectivity index (χ0v) is 27.3. The maximum absolute atomic E-state index is 13.9. The van der Waals surface area contributed by atoms with Gasteiger partial charge in [0.1, 0.15) is 18.1 Å². The van der Waals surface area contributed by atoms with Gasteiger partial charge in [0.25, 0.3) is 0 Å². The predicted molar refractivity (Wildman–Crippen MR) is 188 cm³/mol. The molecule has 4 aromatic carbocycles. The number of unbranched alkanes of at least 4 members (excludes halogenated alkanes) is 1. The largest absolute Gasteiger partial charge is 0.480 e. The standard InChI is InChI=1S/C39H42N4O6/c1-2-35(44)40-22-12-11-19-32(39(48)49)42-38(47)34(25-28-15-7-4-8-16-28)43-37(46)33(24-27-13-5-3-6-14-27)41-36(45)26-29-20-21-30-17-9-10-18-31(30)23-29/h2-10,13-18,20-21,23,32-34H,1,11-12,19,22,24-26H2,(H,40,44)(H,41,45)(H,42,47)(H,43,46)(H,48,49). The fourth-order valence-corrected chi connectivity index (χ4v) is 5.46. The number of carbonyl (C=O) groups excluding carboxylic acids is 4. The third kappa shape index (κ3) is 11.8. The zero-order chi connectivity index (χ0) is 35.0. The van der Waals surface area contributed by atoms with Crippen LogP contribution in [0.4, 0.5) is 0 Å². The minimum atomic E-state index is -1.21. The summed E-state index contributed by atoms with van der Waals surface area (Å²) in [5, 5.41) is 22.8. The van der Waals surface area contributed by atoms with Gasteiger partial charge in [-0.05, 0) is 52.8 Å². The van der Waals surface area contributed by atoms with E-state index in [1.807, 2.05) is 103 Å². The molecule has 0 radical (unpaired) electrons. The third-order valence-electron chi connectivity index (χ3n) is 8.05. The monoisotopic (exact) mass is 662 g/mol. The van der Waals surface area contributed by atoms with Gasteiger partial charge in [-0.25, -0.2) is 4.79 Å². The molecule has 3 atom stereocenters. The third-order valence-corrected chi connectivity index (χ3v) is 8.05. The molecule has 0 aliphatic carbocycles. The number of nitrogens with one attached hydrogen (secondary N) is 4. The Bertz CT molecular complexity index is 1740. The summed E-state index contributed by atoms with van der Waals surface area (Å²) >= 11 is 0. The normalized spacial score (nSPS) is 12.6. The Hall–Kier alpha value is -5.77. The van der Waals surface area contributed by atoms with Crippen LogP contribution in [0.1, 0.15) is 36.0 Å². The van der Waals surface area contributed by atoms with Crippen LogP contribution in [0, 0.1) is 0 Å². The van der Waals surface area contributed by atoms with Crippen molar-refractivity contribution in [2.24, 2.45) is 0 Å². The fraction of sp³-hybridized carbons (Fsp3) is 0.256. The Kier molecular flexibility index (Phi) is 13.6. The molecule has 10 heteroatoms. The van der Waals surface area contributed by atoms with Crippen LogP contribution in [0.2, 0.25) is 0 Å². The van der Waals surface area contributed by atoms with Crippen molar-refractivity contribution in [3.63, 3.8) is 0 Å². The average Bonchev–Trinajstić information content (AvgIpc) is 3.10. The van der Waals surface area contributed by atoms with Gasteiger partial charge in [-0.15, -0.1) is 0 Å². The molecule has 4 rings (SSSR count). The molecule has 5 N–H and O–H groups in total. The first-order valence-corrected chi connectivity index (χ1v) is 16.3. The molecule has 49 heavy (non-hydrogen) atoms. The van der Waals surface area contributed by atoms with Crippen molar-refractivity contribution >= 4 is 40.4 Å². The molecule has 4 aromatic rings. The minimum absolute atomic E-state index is 0.0505. The number of aliphatic carboxylic acids is 1.